The Kier molecular flexibility index (Phi) is 7.92. The van der Waals surface area contributed by atoms with Crippen molar-refractivity contribution in [3.05, 3.63) is 91.3 Å². The van der Waals surface area contributed by atoms with Crippen molar-refractivity contribution in [3.8, 4) is 0 Å². The molecule has 2 aromatic carbocycles. The van der Waals surface area contributed by atoms with Gasteiger partial charge in [-0.1, -0.05) is 41.9 Å². The molecule has 0 saturated carbocycles. The maximum Gasteiger partial charge on any atom is 0.493 e. The van der Waals surface area contributed by atoms with E-state index in [2.05, 4.69) is 5.32 Å². The first-order valence-electron chi connectivity index (χ1n) is 14.1. The lowest BCUT2D eigenvalue weighted by Crippen LogP contribution is -2.59. The molecule has 2 saturated heterocycles. The van der Waals surface area contributed by atoms with Crippen LogP contribution in [0.25, 0.3) is 0 Å². The number of fused-ring (bicyclic) bond motifs is 2. The average molecular weight is 637 g/mol. The van der Waals surface area contributed by atoms with E-state index in [0.29, 0.717) is 35.8 Å². The first kappa shape index (κ1) is 30.2. The number of hydroxylamine groups is 1. The van der Waals surface area contributed by atoms with E-state index in [0.717, 1.165) is 20.6 Å². The quantitative estimate of drug-likeness (QED) is 0.396. The summed E-state index contributed by atoms with van der Waals surface area (Å²) < 4.78 is 56.6. The number of anilines is 2. The fraction of sp³-hybridized carbons (Fsp3) is 0.414. The van der Waals surface area contributed by atoms with Crippen LogP contribution in [0.1, 0.15) is 17.5 Å². The summed E-state index contributed by atoms with van der Waals surface area (Å²) in [6.07, 6.45) is -5.67. The van der Waals surface area contributed by atoms with Crippen LogP contribution in [0, 0.1) is 11.7 Å². The molecule has 4 heterocycles. The predicted molar refractivity (Wildman–Crippen MR) is 154 cm³/mol. The molecule has 0 bridgehead atoms. The minimum atomic E-state index is -5.36. The number of alkyl halides is 3. The van der Waals surface area contributed by atoms with Gasteiger partial charge in [0, 0.05) is 44.3 Å². The zero-order valence-corrected chi connectivity index (χ0v) is 24.3. The van der Waals surface area contributed by atoms with E-state index in [9.17, 15) is 31.9 Å². The zero-order chi connectivity index (χ0) is 31.3. The Hall–Kier alpha value is -3.88. The molecule has 1 N–H and O–H groups in total. The van der Waals surface area contributed by atoms with Crippen LogP contribution in [0.5, 0.6) is 0 Å². The van der Waals surface area contributed by atoms with Gasteiger partial charge in [-0.05, 0) is 54.6 Å². The molecule has 234 valence electrons. The van der Waals surface area contributed by atoms with Crippen molar-refractivity contribution in [2.24, 2.45) is 13.0 Å². The number of nitrogens with one attached hydrogen (secondary N) is 1. The Bertz CT molecular complexity index is 1700. The number of carbonyl (C=O) groups is 1. The molecule has 3 aliphatic rings. The van der Waals surface area contributed by atoms with Crippen LogP contribution in [0.2, 0.25) is 5.02 Å². The lowest BCUT2D eigenvalue weighted by Gasteiger charge is -2.40. The highest BCUT2D eigenvalue weighted by molar-refractivity contribution is 6.31. The number of aromatic nitrogens is 2. The summed E-state index contributed by atoms with van der Waals surface area (Å²) >= 11 is 6.50. The minimum Gasteiger partial charge on any atom is -0.327 e. The van der Waals surface area contributed by atoms with Gasteiger partial charge in [0.15, 0.2) is 17.8 Å². The van der Waals surface area contributed by atoms with Crippen LogP contribution in [0.15, 0.2) is 58.1 Å². The molecule has 6 rings (SSSR count). The van der Waals surface area contributed by atoms with Crippen LogP contribution in [0.3, 0.4) is 0 Å². The molecule has 15 heteroatoms. The maximum atomic E-state index is 13.9. The topological polar surface area (TPSA) is 92.0 Å². The van der Waals surface area contributed by atoms with Gasteiger partial charge in [0.1, 0.15) is 5.82 Å². The van der Waals surface area contributed by atoms with E-state index < -0.39 is 35.5 Å². The Balaban J connectivity index is 1.54. The summed E-state index contributed by atoms with van der Waals surface area (Å²) in [6, 6.07) is 12.2. The fourth-order valence-electron chi connectivity index (χ4n) is 6.35. The molecule has 1 aromatic heterocycles. The number of likely N-dealkylation sites (tertiary alicyclic amines) is 1. The third kappa shape index (κ3) is 5.35. The zero-order valence-electron chi connectivity index (χ0n) is 23.6. The number of halogens is 5. The van der Waals surface area contributed by atoms with Gasteiger partial charge in [-0.15, -0.1) is 5.06 Å². The monoisotopic (exact) mass is 636 g/mol. The van der Waals surface area contributed by atoms with Crippen molar-refractivity contribution >= 4 is 29.1 Å². The van der Waals surface area contributed by atoms with Crippen molar-refractivity contribution in [1.82, 2.24) is 19.4 Å². The molecule has 0 amide bonds. The molecule has 3 aliphatic heterocycles. The van der Waals surface area contributed by atoms with Crippen LogP contribution in [-0.2, 0) is 36.2 Å². The third-order valence-electron chi connectivity index (χ3n) is 8.51. The predicted octanol–water partition coefficient (Wildman–Crippen LogP) is 3.01. The largest absolute Gasteiger partial charge is 0.493 e. The van der Waals surface area contributed by atoms with Gasteiger partial charge in [0.25, 0.3) is 5.56 Å². The van der Waals surface area contributed by atoms with E-state index in [4.69, 9.17) is 16.4 Å². The minimum absolute atomic E-state index is 0.0376. The van der Waals surface area contributed by atoms with Gasteiger partial charge in [-0.2, -0.15) is 13.2 Å². The third-order valence-corrected chi connectivity index (χ3v) is 8.88. The van der Waals surface area contributed by atoms with Gasteiger partial charge >= 0.3 is 17.8 Å². The molecule has 2 fully saturated rings. The van der Waals surface area contributed by atoms with Crippen molar-refractivity contribution in [1.29, 1.82) is 0 Å². The molecule has 44 heavy (non-hydrogen) atoms. The highest BCUT2D eigenvalue weighted by Gasteiger charge is 2.54. The first-order chi connectivity index (χ1) is 21.0. The SMILES string of the molecule is Cn1c(=O)c2c(n(CCc3ccc(F)cc3)c1=O)N(OC(=O)C(F)(F)F)C(N1CCC3CNCC31)N2Cc1ccccc1Cl. The summed E-state index contributed by atoms with van der Waals surface area (Å²) in [4.78, 5) is 48.4. The smallest absolute Gasteiger partial charge is 0.327 e. The summed E-state index contributed by atoms with van der Waals surface area (Å²) in [7, 11) is 1.28. The molecule has 0 radical (unpaired) electrons. The molecule has 0 spiro atoms. The maximum absolute atomic E-state index is 13.9. The van der Waals surface area contributed by atoms with E-state index in [1.807, 2.05) is 4.90 Å². The molecule has 0 aliphatic carbocycles. The lowest BCUT2D eigenvalue weighted by atomic mass is 10.1. The van der Waals surface area contributed by atoms with E-state index in [1.165, 1.54) is 31.3 Å². The Morgan fingerprint density at radius 3 is 2.52 bits per heavy atom. The Labute approximate surface area is 253 Å². The molecular weight excluding hydrogens is 608 g/mol. The van der Waals surface area contributed by atoms with E-state index >= 15 is 0 Å². The van der Waals surface area contributed by atoms with Crippen molar-refractivity contribution in [3.63, 3.8) is 0 Å². The molecule has 3 unspecified atom stereocenters. The number of benzene rings is 2. The molecule has 3 atom stereocenters. The average Bonchev–Trinajstić information content (AvgIpc) is 3.68. The fourth-order valence-corrected chi connectivity index (χ4v) is 6.54. The highest BCUT2D eigenvalue weighted by Crippen LogP contribution is 2.43. The van der Waals surface area contributed by atoms with Crippen molar-refractivity contribution in [2.45, 2.75) is 44.4 Å². The Morgan fingerprint density at radius 2 is 1.82 bits per heavy atom. The standard InChI is InChI=1S/C29H29ClF4N6O4/c1-36-25(41)23-24(38(28(36)43)12-10-17-6-8-20(31)9-7-17)40(44-26(42)29(32,33)34)27(37-13-11-18-14-35-15-22(18)37)39(23)16-19-4-2-3-5-21(19)30/h2-9,18,22,27,35H,10-16H2,1H3. The Morgan fingerprint density at radius 1 is 1.09 bits per heavy atom. The molecule has 10 nitrogen and oxygen atoms in total. The number of nitrogens with zero attached hydrogens (tertiary/aromatic N) is 5. The summed E-state index contributed by atoms with van der Waals surface area (Å²) in [5.74, 6) is -3.04. The lowest BCUT2D eigenvalue weighted by molar-refractivity contribution is -0.203. The second kappa shape index (κ2) is 11.6. The summed E-state index contributed by atoms with van der Waals surface area (Å²) in [5.41, 5.74) is -0.488. The van der Waals surface area contributed by atoms with E-state index in [-0.39, 0.29) is 43.0 Å². The van der Waals surface area contributed by atoms with Gasteiger partial charge in [0.2, 0.25) is 0 Å². The van der Waals surface area contributed by atoms with E-state index in [1.54, 1.807) is 29.2 Å². The van der Waals surface area contributed by atoms with Gasteiger partial charge in [-0.3, -0.25) is 18.8 Å². The van der Waals surface area contributed by atoms with Crippen LogP contribution < -0.4 is 26.5 Å². The van der Waals surface area contributed by atoms with Gasteiger partial charge in [-0.25, -0.2) is 14.0 Å². The second-order valence-corrected chi connectivity index (χ2v) is 11.5. The molecular formula is C29H29ClF4N6O4. The van der Waals surface area contributed by atoms with Crippen molar-refractivity contribution in [2.75, 3.05) is 29.6 Å². The van der Waals surface area contributed by atoms with Crippen LogP contribution in [0.4, 0.5) is 29.1 Å². The summed E-state index contributed by atoms with van der Waals surface area (Å²) in [5, 5.41) is 4.42. The number of hydrogen-bond acceptors (Lipinski definition) is 8. The van der Waals surface area contributed by atoms with Crippen LogP contribution >= 0.6 is 11.6 Å². The number of aryl methyl sites for hydroxylation is 1. The number of hydrogen-bond donors (Lipinski definition) is 1. The van der Waals surface area contributed by atoms with Gasteiger partial charge in [0.05, 0.1) is 0 Å². The summed E-state index contributed by atoms with van der Waals surface area (Å²) in [6.45, 7) is 1.53. The number of carbonyl (C=O) groups excluding carboxylic acids is 1. The first-order valence-corrected chi connectivity index (χ1v) is 14.5. The normalized spacial score (nSPS) is 21.5. The van der Waals surface area contributed by atoms with Crippen molar-refractivity contribution < 1.29 is 27.2 Å². The molecule has 3 aromatic rings. The highest BCUT2D eigenvalue weighted by atomic mass is 35.5. The number of rotatable bonds is 7. The van der Waals surface area contributed by atoms with Gasteiger partial charge < -0.3 is 15.1 Å². The second-order valence-electron chi connectivity index (χ2n) is 11.1. The van der Waals surface area contributed by atoms with Crippen LogP contribution in [-0.4, -0.2) is 58.1 Å².